The Morgan fingerprint density at radius 1 is 0.778 bits per heavy atom. The van der Waals surface area contributed by atoms with E-state index in [0.717, 1.165) is 39.5 Å². The molecule has 0 saturated heterocycles. The summed E-state index contributed by atoms with van der Waals surface area (Å²) in [5, 5.41) is 5.54. The van der Waals surface area contributed by atoms with Gasteiger partial charge in [0.25, 0.3) is 5.91 Å². The molecule has 0 spiro atoms. The fourth-order valence-corrected chi connectivity index (χ4v) is 4.93. The number of carbonyl (C=O) groups excluding carboxylic acids is 1. The van der Waals surface area contributed by atoms with Gasteiger partial charge in [-0.15, -0.1) is 0 Å². The zero-order valence-corrected chi connectivity index (χ0v) is 20.3. The van der Waals surface area contributed by atoms with Crippen LogP contribution in [-0.2, 0) is 0 Å². The Bertz CT molecular complexity index is 1530. The fourth-order valence-electron chi connectivity index (χ4n) is 4.81. The molecule has 36 heavy (non-hydrogen) atoms. The van der Waals surface area contributed by atoms with Crippen molar-refractivity contribution in [2.45, 2.75) is 6.04 Å². The van der Waals surface area contributed by atoms with Gasteiger partial charge in [-0.1, -0.05) is 72.3 Å². The molecular weight excluding hydrogens is 470 g/mol. The van der Waals surface area contributed by atoms with Crippen LogP contribution in [0.15, 0.2) is 109 Å². The van der Waals surface area contributed by atoms with Crippen LogP contribution in [0.3, 0.4) is 0 Å². The first kappa shape index (κ1) is 22.1. The molecule has 6 rings (SSSR count). The molecule has 1 aliphatic rings. The largest absolute Gasteiger partial charge is 0.497 e. The highest BCUT2D eigenvalue weighted by Gasteiger charge is 2.44. The first-order valence-electron chi connectivity index (χ1n) is 11.6. The van der Waals surface area contributed by atoms with Crippen molar-refractivity contribution in [3.05, 3.63) is 131 Å². The van der Waals surface area contributed by atoms with Crippen molar-refractivity contribution < 1.29 is 9.53 Å². The van der Waals surface area contributed by atoms with Gasteiger partial charge in [0.15, 0.2) is 5.69 Å². The molecule has 1 atom stereocenters. The third kappa shape index (κ3) is 3.65. The zero-order valence-electron chi connectivity index (χ0n) is 19.5. The lowest BCUT2D eigenvalue weighted by molar-refractivity contribution is 0.0988. The van der Waals surface area contributed by atoms with Crippen molar-refractivity contribution in [2.24, 2.45) is 0 Å². The number of aromatic nitrogens is 2. The second-order valence-corrected chi connectivity index (χ2v) is 8.99. The number of anilines is 1. The molecule has 2 heterocycles. The summed E-state index contributed by atoms with van der Waals surface area (Å²) in [4.78, 5) is 15.8. The lowest BCUT2D eigenvalue weighted by Gasteiger charge is -2.27. The lowest BCUT2D eigenvalue weighted by atomic mass is 9.95. The molecule has 5 nitrogen and oxygen atoms in total. The normalized spacial score (nSPS) is 14.7. The number of nitrogens with zero attached hydrogens (tertiary/aromatic N) is 3. The average Bonchev–Trinajstić information content (AvgIpc) is 3.45. The Labute approximate surface area is 214 Å². The van der Waals surface area contributed by atoms with Crippen molar-refractivity contribution in [3.63, 3.8) is 0 Å². The maximum Gasteiger partial charge on any atom is 0.280 e. The predicted molar refractivity (Wildman–Crippen MR) is 142 cm³/mol. The molecule has 176 valence electrons. The van der Waals surface area contributed by atoms with E-state index in [1.807, 2.05) is 119 Å². The average molecular weight is 492 g/mol. The van der Waals surface area contributed by atoms with E-state index in [4.69, 9.17) is 21.4 Å². The molecule has 0 bridgehead atoms. The molecule has 0 aliphatic carbocycles. The van der Waals surface area contributed by atoms with Gasteiger partial charge in [-0.3, -0.25) is 9.69 Å². The minimum Gasteiger partial charge on any atom is -0.497 e. The summed E-state index contributed by atoms with van der Waals surface area (Å²) in [5.74, 6) is 0.620. The zero-order chi connectivity index (χ0) is 24.6. The van der Waals surface area contributed by atoms with E-state index in [-0.39, 0.29) is 11.9 Å². The summed E-state index contributed by atoms with van der Waals surface area (Å²) in [6.45, 7) is 0. The van der Waals surface area contributed by atoms with E-state index >= 15 is 0 Å². The number of hydrogen-bond acceptors (Lipinski definition) is 3. The SMILES string of the molecule is COc1ccc([C@H]2c3c(nn(-c4ccccc4)c3-c3ccc(Cl)cc3)C(=O)N2c2ccccc2)cc1. The maximum atomic E-state index is 14.0. The number of ether oxygens (including phenoxy) is 1. The number of benzene rings is 4. The van der Waals surface area contributed by atoms with Crippen LogP contribution in [0.5, 0.6) is 5.75 Å². The first-order valence-corrected chi connectivity index (χ1v) is 12.0. The van der Waals surface area contributed by atoms with Crippen molar-refractivity contribution in [2.75, 3.05) is 12.0 Å². The van der Waals surface area contributed by atoms with Crippen molar-refractivity contribution in [1.82, 2.24) is 9.78 Å². The number of rotatable bonds is 5. The Morgan fingerprint density at radius 2 is 1.39 bits per heavy atom. The molecule has 1 aliphatic heterocycles. The summed E-state index contributed by atoms with van der Waals surface area (Å²) in [6.07, 6.45) is 0. The smallest absolute Gasteiger partial charge is 0.280 e. The quantitative estimate of drug-likeness (QED) is 0.267. The van der Waals surface area contributed by atoms with Crippen LogP contribution in [-0.4, -0.2) is 22.8 Å². The van der Waals surface area contributed by atoms with Gasteiger partial charge in [-0.25, -0.2) is 4.68 Å². The molecule has 0 unspecified atom stereocenters. The topological polar surface area (TPSA) is 47.4 Å². The summed E-state index contributed by atoms with van der Waals surface area (Å²) >= 11 is 6.23. The number of halogens is 1. The first-order chi connectivity index (χ1) is 17.7. The Balaban J connectivity index is 1.64. The fraction of sp³-hybridized carbons (Fsp3) is 0.0667. The van der Waals surface area contributed by atoms with Gasteiger partial charge in [0, 0.05) is 21.8 Å². The highest BCUT2D eigenvalue weighted by Crippen LogP contribution is 2.46. The Hall–Kier alpha value is -4.35. The molecule has 0 saturated carbocycles. The van der Waals surface area contributed by atoms with Gasteiger partial charge in [0.2, 0.25) is 0 Å². The van der Waals surface area contributed by atoms with Gasteiger partial charge in [0.1, 0.15) is 5.75 Å². The second-order valence-electron chi connectivity index (χ2n) is 8.55. The third-order valence-corrected chi connectivity index (χ3v) is 6.71. The number of amides is 1. The van der Waals surface area contributed by atoms with Crippen LogP contribution in [0, 0.1) is 0 Å². The van der Waals surface area contributed by atoms with Crippen molar-refractivity contribution in [3.8, 4) is 22.7 Å². The Morgan fingerprint density at radius 3 is 2.00 bits per heavy atom. The summed E-state index contributed by atoms with van der Waals surface area (Å²) in [6, 6.07) is 34.8. The summed E-state index contributed by atoms with van der Waals surface area (Å²) < 4.78 is 7.26. The molecule has 6 heteroatoms. The van der Waals surface area contributed by atoms with E-state index in [2.05, 4.69) is 0 Å². The van der Waals surface area contributed by atoms with Crippen LogP contribution >= 0.6 is 11.6 Å². The number of hydrogen-bond donors (Lipinski definition) is 0. The van der Waals surface area contributed by atoms with Gasteiger partial charge >= 0.3 is 0 Å². The molecule has 0 fully saturated rings. The van der Waals surface area contributed by atoms with Crippen LogP contribution < -0.4 is 9.64 Å². The second kappa shape index (κ2) is 9.02. The number of para-hydroxylation sites is 2. The predicted octanol–water partition coefficient (Wildman–Crippen LogP) is 6.95. The van der Waals surface area contributed by atoms with Crippen molar-refractivity contribution in [1.29, 1.82) is 0 Å². The van der Waals surface area contributed by atoms with Gasteiger partial charge in [0.05, 0.1) is 24.5 Å². The summed E-state index contributed by atoms with van der Waals surface area (Å²) in [5.41, 5.74) is 5.75. The van der Waals surface area contributed by atoms with Gasteiger partial charge in [-0.2, -0.15) is 5.10 Å². The van der Waals surface area contributed by atoms with E-state index in [9.17, 15) is 4.79 Å². The molecule has 4 aromatic carbocycles. The van der Waals surface area contributed by atoms with E-state index in [0.29, 0.717) is 10.7 Å². The highest BCUT2D eigenvalue weighted by atomic mass is 35.5. The number of carbonyl (C=O) groups is 1. The van der Waals surface area contributed by atoms with E-state index in [1.165, 1.54) is 0 Å². The van der Waals surface area contributed by atoms with Crippen molar-refractivity contribution >= 4 is 23.2 Å². The van der Waals surface area contributed by atoms with E-state index < -0.39 is 0 Å². The minimum atomic E-state index is -0.371. The number of fused-ring (bicyclic) bond motifs is 1. The van der Waals surface area contributed by atoms with Gasteiger partial charge in [-0.05, 0) is 54.1 Å². The van der Waals surface area contributed by atoms with Crippen LogP contribution in [0.25, 0.3) is 16.9 Å². The van der Waals surface area contributed by atoms with Crippen LogP contribution in [0.4, 0.5) is 5.69 Å². The molecular formula is C30H22ClN3O2. The highest BCUT2D eigenvalue weighted by molar-refractivity contribution is 6.30. The lowest BCUT2D eigenvalue weighted by Crippen LogP contribution is -2.29. The number of methoxy groups -OCH3 is 1. The third-order valence-electron chi connectivity index (χ3n) is 6.46. The molecule has 5 aromatic rings. The molecule has 1 aromatic heterocycles. The molecule has 0 radical (unpaired) electrons. The maximum absolute atomic E-state index is 14.0. The van der Waals surface area contributed by atoms with Crippen LogP contribution in [0.2, 0.25) is 5.02 Å². The summed E-state index contributed by atoms with van der Waals surface area (Å²) in [7, 11) is 1.64. The standard InChI is InChI=1S/C30H22ClN3O2/c1-36-25-18-14-20(15-19-25)28-26-27(30(35)33(28)23-8-4-2-5-9-23)32-34(24-10-6-3-7-11-24)29(26)21-12-16-22(31)17-13-21/h2-19,28H,1H3/t28-/m0/s1. The van der Waals surface area contributed by atoms with Crippen LogP contribution in [0.1, 0.15) is 27.7 Å². The van der Waals surface area contributed by atoms with Gasteiger partial charge < -0.3 is 4.74 Å². The molecule has 0 N–H and O–H groups in total. The Kier molecular flexibility index (Phi) is 5.55. The van der Waals surface area contributed by atoms with E-state index in [1.54, 1.807) is 7.11 Å². The monoisotopic (exact) mass is 491 g/mol. The molecule has 1 amide bonds. The minimum absolute atomic E-state index is 0.137.